The second kappa shape index (κ2) is 8.39. The summed E-state index contributed by atoms with van der Waals surface area (Å²) in [6, 6.07) is 15.4. The molecular weight excluding hydrogens is 315 g/mol. The lowest BCUT2D eigenvalue weighted by Gasteiger charge is -2.14. The molecule has 0 radical (unpaired) electrons. The molecule has 0 aromatic heterocycles. The second-order valence-electron chi connectivity index (χ2n) is 4.87. The van der Waals surface area contributed by atoms with Crippen LogP contribution in [0.4, 0.5) is 0 Å². The molecule has 0 aliphatic heterocycles. The van der Waals surface area contributed by atoms with Gasteiger partial charge in [0.1, 0.15) is 0 Å². The van der Waals surface area contributed by atoms with Crippen LogP contribution in [0.25, 0.3) is 11.1 Å². The van der Waals surface area contributed by atoms with Crippen LogP contribution in [0, 0.1) is 0 Å². The van der Waals surface area contributed by atoms with Crippen molar-refractivity contribution in [3.8, 4) is 11.1 Å². The minimum absolute atomic E-state index is 0.0376. The van der Waals surface area contributed by atoms with E-state index in [0.29, 0.717) is 0 Å². The van der Waals surface area contributed by atoms with Crippen molar-refractivity contribution in [3.05, 3.63) is 59.7 Å². The summed E-state index contributed by atoms with van der Waals surface area (Å²) >= 11 is 0. The minimum Gasteiger partial charge on any atom is -0.392 e. The normalized spacial score (nSPS) is 13.7. The highest BCUT2D eigenvalue weighted by atomic mass is 31.2. The molecular formula is C17H21O5P. The minimum atomic E-state index is -3.47. The Balaban J connectivity index is 2.02. The first kappa shape index (κ1) is 17.9. The molecule has 0 aliphatic carbocycles. The SMILES string of the molecule is CCOP(=O)(OC)OCc1ccc(-c2ccc(CO)cc2)cc1. The zero-order valence-corrected chi connectivity index (χ0v) is 14.2. The maximum atomic E-state index is 12.0. The summed E-state index contributed by atoms with van der Waals surface area (Å²) in [6.07, 6.45) is 0. The summed E-state index contributed by atoms with van der Waals surface area (Å²) in [5, 5.41) is 9.06. The average molecular weight is 336 g/mol. The molecule has 1 atom stereocenters. The van der Waals surface area contributed by atoms with Gasteiger partial charge >= 0.3 is 7.82 Å². The van der Waals surface area contributed by atoms with Gasteiger partial charge in [0.25, 0.3) is 0 Å². The van der Waals surface area contributed by atoms with Crippen molar-refractivity contribution in [2.45, 2.75) is 20.1 Å². The molecule has 0 amide bonds. The van der Waals surface area contributed by atoms with Crippen LogP contribution in [0.5, 0.6) is 0 Å². The monoisotopic (exact) mass is 336 g/mol. The van der Waals surface area contributed by atoms with Gasteiger partial charge in [0, 0.05) is 7.11 Å². The summed E-state index contributed by atoms with van der Waals surface area (Å²) < 4.78 is 27.1. The number of hydrogen-bond acceptors (Lipinski definition) is 5. The fraction of sp³-hybridized carbons (Fsp3) is 0.294. The van der Waals surface area contributed by atoms with E-state index in [0.717, 1.165) is 22.3 Å². The predicted molar refractivity (Wildman–Crippen MR) is 88.8 cm³/mol. The van der Waals surface area contributed by atoms with Gasteiger partial charge < -0.3 is 5.11 Å². The Hall–Kier alpha value is -1.49. The second-order valence-corrected chi connectivity index (χ2v) is 6.65. The number of aliphatic hydroxyl groups is 1. The number of phosphoric ester groups is 1. The zero-order chi connectivity index (χ0) is 16.7. The van der Waals surface area contributed by atoms with Gasteiger partial charge in [0.2, 0.25) is 0 Å². The number of aliphatic hydroxyl groups excluding tert-OH is 1. The number of phosphoric acid groups is 1. The summed E-state index contributed by atoms with van der Waals surface area (Å²) in [4.78, 5) is 0. The van der Waals surface area contributed by atoms with Crippen molar-refractivity contribution in [2.24, 2.45) is 0 Å². The highest BCUT2D eigenvalue weighted by Crippen LogP contribution is 2.49. The molecule has 2 rings (SSSR count). The third-order valence-electron chi connectivity index (χ3n) is 3.32. The first-order valence-corrected chi connectivity index (χ1v) is 8.80. The van der Waals surface area contributed by atoms with Crippen LogP contribution in [0.15, 0.2) is 48.5 Å². The number of benzene rings is 2. The van der Waals surface area contributed by atoms with Crippen LogP contribution < -0.4 is 0 Å². The Morgan fingerprint density at radius 2 is 1.43 bits per heavy atom. The molecule has 0 fully saturated rings. The van der Waals surface area contributed by atoms with Gasteiger partial charge in [-0.3, -0.25) is 13.6 Å². The predicted octanol–water partition coefficient (Wildman–Crippen LogP) is 4.15. The van der Waals surface area contributed by atoms with Crippen molar-refractivity contribution in [2.75, 3.05) is 13.7 Å². The van der Waals surface area contributed by atoms with Crippen molar-refractivity contribution in [1.82, 2.24) is 0 Å². The number of rotatable bonds is 8. The summed E-state index contributed by atoms with van der Waals surface area (Å²) in [5.41, 5.74) is 3.87. The van der Waals surface area contributed by atoms with Crippen molar-refractivity contribution in [1.29, 1.82) is 0 Å². The highest BCUT2D eigenvalue weighted by molar-refractivity contribution is 7.48. The van der Waals surface area contributed by atoms with Crippen molar-refractivity contribution >= 4 is 7.82 Å². The Labute approximate surface area is 136 Å². The van der Waals surface area contributed by atoms with Crippen LogP contribution in [0.3, 0.4) is 0 Å². The summed E-state index contributed by atoms with van der Waals surface area (Å²) in [6.45, 7) is 2.17. The molecule has 5 nitrogen and oxygen atoms in total. The molecule has 0 saturated carbocycles. The highest BCUT2D eigenvalue weighted by Gasteiger charge is 2.23. The van der Waals surface area contributed by atoms with Crippen LogP contribution in [0.1, 0.15) is 18.1 Å². The van der Waals surface area contributed by atoms with Crippen molar-refractivity contribution in [3.63, 3.8) is 0 Å². The topological polar surface area (TPSA) is 65.0 Å². The summed E-state index contributed by atoms with van der Waals surface area (Å²) in [7, 11) is -2.17. The molecule has 124 valence electrons. The van der Waals surface area contributed by atoms with Gasteiger partial charge in [0.05, 0.1) is 19.8 Å². The van der Waals surface area contributed by atoms with Crippen LogP contribution in [-0.2, 0) is 31.4 Å². The van der Waals surface area contributed by atoms with E-state index < -0.39 is 7.82 Å². The first-order chi connectivity index (χ1) is 11.1. The molecule has 1 N–H and O–H groups in total. The Morgan fingerprint density at radius 3 is 1.87 bits per heavy atom. The van der Waals surface area contributed by atoms with E-state index in [2.05, 4.69) is 0 Å². The van der Waals surface area contributed by atoms with E-state index in [-0.39, 0.29) is 19.8 Å². The van der Waals surface area contributed by atoms with Gasteiger partial charge in [-0.1, -0.05) is 48.5 Å². The molecule has 1 unspecified atom stereocenters. The lowest BCUT2D eigenvalue weighted by Crippen LogP contribution is -1.98. The number of hydrogen-bond donors (Lipinski definition) is 1. The molecule has 0 saturated heterocycles. The van der Waals surface area contributed by atoms with Crippen LogP contribution in [0.2, 0.25) is 0 Å². The Kier molecular flexibility index (Phi) is 6.51. The molecule has 0 aliphatic rings. The fourth-order valence-electron chi connectivity index (χ4n) is 2.05. The van der Waals surface area contributed by atoms with Gasteiger partial charge in [-0.05, 0) is 29.2 Å². The van der Waals surface area contributed by atoms with E-state index in [1.165, 1.54) is 7.11 Å². The first-order valence-electron chi connectivity index (χ1n) is 7.34. The van der Waals surface area contributed by atoms with E-state index in [1.54, 1.807) is 6.92 Å². The Morgan fingerprint density at radius 1 is 0.913 bits per heavy atom. The third kappa shape index (κ3) is 4.99. The van der Waals surface area contributed by atoms with Crippen LogP contribution in [-0.4, -0.2) is 18.8 Å². The molecule has 23 heavy (non-hydrogen) atoms. The maximum Gasteiger partial charge on any atom is 0.474 e. The largest absolute Gasteiger partial charge is 0.474 e. The lowest BCUT2D eigenvalue weighted by molar-refractivity contribution is 0.130. The lowest BCUT2D eigenvalue weighted by atomic mass is 10.0. The Bertz CT molecular complexity index is 652. The quantitative estimate of drug-likeness (QED) is 0.734. The van der Waals surface area contributed by atoms with E-state index in [4.69, 9.17) is 18.7 Å². The molecule has 0 heterocycles. The maximum absolute atomic E-state index is 12.0. The zero-order valence-electron chi connectivity index (χ0n) is 13.3. The van der Waals surface area contributed by atoms with E-state index >= 15 is 0 Å². The fourth-order valence-corrected chi connectivity index (χ4v) is 2.96. The molecule has 2 aromatic carbocycles. The van der Waals surface area contributed by atoms with Crippen LogP contribution >= 0.6 is 7.82 Å². The van der Waals surface area contributed by atoms with Crippen molar-refractivity contribution < 1.29 is 23.2 Å². The third-order valence-corrected chi connectivity index (χ3v) is 4.79. The van der Waals surface area contributed by atoms with Gasteiger partial charge in [-0.25, -0.2) is 4.57 Å². The molecule has 2 aromatic rings. The van der Waals surface area contributed by atoms with Gasteiger partial charge in [-0.2, -0.15) is 0 Å². The smallest absolute Gasteiger partial charge is 0.392 e. The molecule has 6 heteroatoms. The van der Waals surface area contributed by atoms with E-state index in [9.17, 15) is 4.57 Å². The van der Waals surface area contributed by atoms with E-state index in [1.807, 2.05) is 48.5 Å². The molecule has 0 bridgehead atoms. The van der Waals surface area contributed by atoms with Gasteiger partial charge in [0.15, 0.2) is 0 Å². The van der Waals surface area contributed by atoms with Gasteiger partial charge in [-0.15, -0.1) is 0 Å². The average Bonchev–Trinajstić information content (AvgIpc) is 2.61. The summed E-state index contributed by atoms with van der Waals surface area (Å²) in [5.74, 6) is 0. The standard InChI is InChI=1S/C17H21O5P/c1-3-21-23(19,20-2)22-13-15-6-10-17(11-7-15)16-8-4-14(12-18)5-9-16/h4-11,18H,3,12-13H2,1-2H3. The molecule has 0 spiro atoms.